The van der Waals surface area contributed by atoms with Crippen molar-refractivity contribution < 1.29 is 4.79 Å². The van der Waals surface area contributed by atoms with Gasteiger partial charge in [0.2, 0.25) is 0 Å². The van der Waals surface area contributed by atoms with Crippen LogP contribution in [0.1, 0.15) is 63.9 Å². The summed E-state index contributed by atoms with van der Waals surface area (Å²) in [6.07, 6.45) is 8.80. The first-order valence-corrected chi connectivity index (χ1v) is 13.2. The highest BCUT2D eigenvalue weighted by Crippen LogP contribution is 2.30. The lowest BCUT2D eigenvalue weighted by Crippen LogP contribution is -2.54. The number of nitrogens with two attached hydrogens (primary N) is 1. The summed E-state index contributed by atoms with van der Waals surface area (Å²) in [6.45, 7) is 2.95. The van der Waals surface area contributed by atoms with E-state index in [-0.39, 0.29) is 24.3 Å². The Hall–Kier alpha value is -2.17. The molecule has 1 unspecified atom stereocenters. The molecule has 9 nitrogen and oxygen atoms in total. The second-order valence-electron chi connectivity index (χ2n) is 9.48. The zero-order valence-corrected chi connectivity index (χ0v) is 21.4. The third-order valence-corrected chi connectivity index (χ3v) is 7.67. The zero-order valence-electron chi connectivity index (χ0n) is 19.8. The maximum absolute atomic E-state index is 13.3. The number of hydrogen-bond acceptors (Lipinski definition) is 8. The fraction of sp³-hybridized carbons (Fsp3) is 0.625. The summed E-state index contributed by atoms with van der Waals surface area (Å²) in [4.78, 5) is 26.4. The van der Waals surface area contributed by atoms with Crippen LogP contribution in [0, 0.1) is 4.91 Å². The molecule has 1 aromatic carbocycles. The van der Waals surface area contributed by atoms with Crippen molar-refractivity contribution in [3.05, 3.63) is 44.7 Å². The monoisotopic (exact) mass is 533 g/mol. The number of nitrogens with zero attached hydrogens (tertiary/aromatic N) is 2. The van der Waals surface area contributed by atoms with Crippen molar-refractivity contribution in [2.45, 2.75) is 89.3 Å². The maximum Gasteiger partial charge on any atom is 0.271 e. The van der Waals surface area contributed by atoms with E-state index in [0.29, 0.717) is 35.0 Å². The largest absolute Gasteiger partial charge is 0.366 e. The fourth-order valence-electron chi connectivity index (χ4n) is 5.22. The molecule has 1 aliphatic heterocycles. The predicted octanol–water partition coefficient (Wildman–Crippen LogP) is 3.23. The first-order chi connectivity index (χ1) is 16.5. The number of carbonyl (C=O) groups excluding carboxylic acids is 1. The molecule has 0 radical (unpaired) electrons. The Morgan fingerprint density at radius 3 is 2.65 bits per heavy atom. The van der Waals surface area contributed by atoms with Crippen molar-refractivity contribution in [2.75, 3.05) is 6.54 Å². The van der Waals surface area contributed by atoms with Crippen LogP contribution in [-0.2, 0) is 11.3 Å². The number of rotatable bonds is 9. The van der Waals surface area contributed by atoms with Crippen molar-refractivity contribution in [3.63, 3.8) is 0 Å². The summed E-state index contributed by atoms with van der Waals surface area (Å²) in [5.74, 6) is 0.606. The van der Waals surface area contributed by atoms with Crippen molar-refractivity contribution in [1.29, 1.82) is 0 Å². The Kier molecular flexibility index (Phi) is 8.44. The van der Waals surface area contributed by atoms with Gasteiger partial charge in [0, 0.05) is 35.7 Å². The minimum Gasteiger partial charge on any atom is -0.366 e. The highest BCUT2D eigenvalue weighted by molar-refractivity contribution is 9.10. The second-order valence-corrected chi connectivity index (χ2v) is 10.3. The van der Waals surface area contributed by atoms with Gasteiger partial charge in [0.25, 0.3) is 5.91 Å². The number of hydrogen-bond donors (Lipinski definition) is 5. The molecule has 1 aromatic rings. The molecule has 4 rings (SSSR count). The van der Waals surface area contributed by atoms with E-state index in [1.54, 1.807) is 6.07 Å². The highest BCUT2D eigenvalue weighted by Gasteiger charge is 2.38. The number of nitroso groups, excluding NO2 is 1. The molecule has 34 heavy (non-hydrogen) atoms. The summed E-state index contributed by atoms with van der Waals surface area (Å²) in [5, 5.41) is 16.9. The van der Waals surface area contributed by atoms with Crippen molar-refractivity contribution in [1.82, 2.24) is 26.2 Å². The Morgan fingerprint density at radius 1 is 1.21 bits per heavy atom. The van der Waals surface area contributed by atoms with Gasteiger partial charge in [-0.2, -0.15) is 0 Å². The van der Waals surface area contributed by atoms with Crippen LogP contribution in [0.4, 0.5) is 5.69 Å². The lowest BCUT2D eigenvalue weighted by molar-refractivity contribution is -0.119. The number of halogens is 1. The van der Waals surface area contributed by atoms with Gasteiger partial charge >= 0.3 is 0 Å². The van der Waals surface area contributed by atoms with E-state index in [4.69, 9.17) is 5.73 Å². The molecular weight excluding hydrogens is 498 g/mol. The van der Waals surface area contributed by atoms with Crippen molar-refractivity contribution in [2.24, 2.45) is 10.9 Å². The van der Waals surface area contributed by atoms with Crippen LogP contribution < -0.4 is 27.0 Å². The molecule has 0 bridgehead atoms. The molecule has 1 heterocycles. The maximum atomic E-state index is 13.3. The van der Waals surface area contributed by atoms with Gasteiger partial charge < -0.3 is 26.6 Å². The van der Waals surface area contributed by atoms with Gasteiger partial charge in [-0.05, 0) is 77.8 Å². The van der Waals surface area contributed by atoms with Crippen LogP contribution >= 0.6 is 15.9 Å². The Balaban J connectivity index is 1.64. The summed E-state index contributed by atoms with van der Waals surface area (Å²) in [7, 11) is 0. The van der Waals surface area contributed by atoms with Crippen LogP contribution in [0.5, 0.6) is 0 Å². The minimum absolute atomic E-state index is 0.0722. The van der Waals surface area contributed by atoms with E-state index in [1.807, 2.05) is 19.1 Å². The standard InChI is InChI=1S/C24H36BrN7O2/c1-2-27-23(33)21-22(29-20-10-6-9-18(20)26)30-24(28-16-7-4-3-5-8-16)32(21)14-15-11-12-19(31-34)17(25)13-15/h11-13,16,18,20,24,28-30H,2-10,14,26H2,1H3,(H,27,33)/t18-,20+,24?/m1/s1. The Labute approximate surface area is 209 Å². The van der Waals surface area contributed by atoms with Gasteiger partial charge in [0.15, 0.2) is 6.29 Å². The molecule has 0 saturated heterocycles. The molecule has 2 fully saturated rings. The number of carbonyl (C=O) groups is 1. The molecule has 1 amide bonds. The van der Waals surface area contributed by atoms with E-state index in [2.05, 4.69) is 47.3 Å². The molecule has 10 heteroatoms. The van der Waals surface area contributed by atoms with Gasteiger partial charge in [-0.15, -0.1) is 4.91 Å². The summed E-state index contributed by atoms with van der Waals surface area (Å²) >= 11 is 3.44. The Bertz CT molecular complexity index is 919. The van der Waals surface area contributed by atoms with Gasteiger partial charge in [-0.1, -0.05) is 25.3 Å². The number of likely N-dealkylation sites (N-methyl/N-ethyl adjacent to an activating group) is 1. The molecular formula is C24H36BrN7O2. The number of benzene rings is 1. The topological polar surface area (TPSA) is 124 Å². The second kappa shape index (κ2) is 11.5. The minimum atomic E-state index is -0.233. The molecule has 6 N–H and O–H groups in total. The van der Waals surface area contributed by atoms with E-state index in [9.17, 15) is 9.70 Å². The van der Waals surface area contributed by atoms with Gasteiger partial charge in [-0.3, -0.25) is 10.1 Å². The average Bonchev–Trinajstić information content (AvgIpc) is 3.38. The third kappa shape index (κ3) is 5.72. The van der Waals surface area contributed by atoms with Crippen LogP contribution in [0.2, 0.25) is 0 Å². The summed E-state index contributed by atoms with van der Waals surface area (Å²) < 4.78 is 0.641. The van der Waals surface area contributed by atoms with E-state index < -0.39 is 0 Å². The normalized spacial score (nSPS) is 25.4. The molecule has 3 aliphatic rings. The summed E-state index contributed by atoms with van der Waals surface area (Å²) in [5.41, 5.74) is 8.26. The first-order valence-electron chi connectivity index (χ1n) is 12.5. The van der Waals surface area contributed by atoms with Gasteiger partial charge in [0.1, 0.15) is 17.2 Å². The molecule has 0 aromatic heterocycles. The first kappa shape index (κ1) is 24.9. The lowest BCUT2D eigenvalue weighted by atomic mass is 9.95. The van der Waals surface area contributed by atoms with Crippen molar-refractivity contribution in [3.8, 4) is 0 Å². The van der Waals surface area contributed by atoms with Gasteiger partial charge in [-0.25, -0.2) is 0 Å². The molecule has 3 atom stereocenters. The molecule has 2 saturated carbocycles. The van der Waals surface area contributed by atoms with E-state index >= 15 is 0 Å². The lowest BCUT2D eigenvalue weighted by Gasteiger charge is -2.33. The van der Waals surface area contributed by atoms with Crippen LogP contribution in [0.3, 0.4) is 0 Å². The number of amides is 1. The van der Waals surface area contributed by atoms with Gasteiger partial charge in [0.05, 0.1) is 0 Å². The fourth-order valence-corrected chi connectivity index (χ4v) is 5.72. The molecule has 2 aliphatic carbocycles. The molecule has 0 spiro atoms. The van der Waals surface area contributed by atoms with Crippen LogP contribution in [0.15, 0.2) is 39.4 Å². The highest BCUT2D eigenvalue weighted by atomic mass is 79.9. The van der Waals surface area contributed by atoms with Crippen molar-refractivity contribution >= 4 is 27.5 Å². The summed E-state index contributed by atoms with van der Waals surface area (Å²) in [6, 6.07) is 6.07. The predicted molar refractivity (Wildman–Crippen MR) is 137 cm³/mol. The average molecular weight is 535 g/mol. The van der Waals surface area contributed by atoms with Crippen LogP contribution in [-0.4, -0.2) is 41.8 Å². The van der Waals surface area contributed by atoms with Crippen LogP contribution in [0.25, 0.3) is 0 Å². The zero-order chi connectivity index (χ0) is 24.1. The molecule has 186 valence electrons. The quantitative estimate of drug-likeness (QED) is 0.308. The smallest absolute Gasteiger partial charge is 0.271 e. The SMILES string of the molecule is CCNC(=O)C1=C(N[C@H]2CCC[C@H]2N)NC(NC2CCCCC2)N1Cc1ccc(N=O)c(Br)c1. The number of nitrogens with one attached hydrogen (secondary N) is 4. The Morgan fingerprint density at radius 2 is 2.00 bits per heavy atom. The van der Waals surface area contributed by atoms with E-state index in [0.717, 1.165) is 43.5 Å². The van der Waals surface area contributed by atoms with E-state index in [1.165, 1.54) is 19.3 Å². The third-order valence-electron chi connectivity index (χ3n) is 7.03.